The largest absolute Gasteiger partial charge is 0.343 e. The van der Waals surface area contributed by atoms with Gasteiger partial charge in [0.1, 0.15) is 0 Å². The molecule has 1 aromatic heterocycles. The number of ketones is 1. The van der Waals surface area contributed by atoms with Crippen molar-refractivity contribution in [2.24, 2.45) is 5.92 Å². The predicted molar refractivity (Wildman–Crippen MR) is 111 cm³/mol. The maximum Gasteiger partial charge on any atom is 0.227 e. The van der Waals surface area contributed by atoms with Crippen LogP contribution < -0.4 is 0 Å². The normalized spacial score (nSPS) is 17.1. The molecule has 150 valence electrons. The minimum Gasteiger partial charge on any atom is -0.343 e. The number of aromatic nitrogens is 1. The minimum absolute atomic E-state index is 0.0575. The maximum atomic E-state index is 13.0. The van der Waals surface area contributed by atoms with Crippen LogP contribution in [0.15, 0.2) is 30.3 Å². The summed E-state index contributed by atoms with van der Waals surface area (Å²) in [7, 11) is 0. The number of rotatable bonds is 4. The third-order valence-corrected chi connectivity index (χ3v) is 6.40. The first-order valence-corrected chi connectivity index (χ1v) is 10.5. The minimum atomic E-state index is 0.0575. The first-order chi connectivity index (χ1) is 14.1. The van der Waals surface area contributed by atoms with Crippen molar-refractivity contribution in [3.05, 3.63) is 58.4 Å². The first kappa shape index (κ1) is 19.4. The second kappa shape index (κ2) is 8.24. The van der Waals surface area contributed by atoms with Gasteiger partial charge in [0.2, 0.25) is 5.91 Å². The quantitative estimate of drug-likeness (QED) is 0.801. The molecule has 1 aliphatic heterocycles. The van der Waals surface area contributed by atoms with Crippen molar-refractivity contribution in [3.63, 3.8) is 0 Å². The fourth-order valence-electron chi connectivity index (χ4n) is 4.70. The van der Waals surface area contributed by atoms with E-state index < -0.39 is 0 Å². The molecule has 1 aliphatic carbocycles. The van der Waals surface area contributed by atoms with Gasteiger partial charge >= 0.3 is 0 Å². The molecular weight excluding hydrogens is 362 g/mol. The van der Waals surface area contributed by atoms with Crippen LogP contribution in [0.3, 0.4) is 0 Å². The molecule has 5 nitrogen and oxygen atoms in total. The molecule has 2 aliphatic rings. The summed E-state index contributed by atoms with van der Waals surface area (Å²) < 4.78 is 2.24. The molecule has 29 heavy (non-hydrogen) atoms. The number of piperidine rings is 1. The van der Waals surface area contributed by atoms with Gasteiger partial charge in [-0.25, -0.2) is 0 Å². The van der Waals surface area contributed by atoms with Gasteiger partial charge in [0.15, 0.2) is 5.78 Å². The number of nitrogens with zero attached hydrogens (tertiary/aromatic N) is 3. The van der Waals surface area contributed by atoms with E-state index in [1.54, 1.807) is 0 Å². The van der Waals surface area contributed by atoms with Gasteiger partial charge < -0.3 is 9.47 Å². The third-order valence-electron chi connectivity index (χ3n) is 6.40. The van der Waals surface area contributed by atoms with Crippen molar-refractivity contribution in [3.8, 4) is 6.07 Å². The van der Waals surface area contributed by atoms with Gasteiger partial charge in [-0.3, -0.25) is 9.59 Å². The van der Waals surface area contributed by atoms with E-state index >= 15 is 0 Å². The van der Waals surface area contributed by atoms with Crippen LogP contribution in [-0.4, -0.2) is 34.2 Å². The van der Waals surface area contributed by atoms with Crippen molar-refractivity contribution in [2.75, 3.05) is 13.1 Å². The summed E-state index contributed by atoms with van der Waals surface area (Å²) in [6.07, 6.45) is 4.09. The summed E-state index contributed by atoms with van der Waals surface area (Å²) in [6.45, 7) is 4.04. The van der Waals surface area contributed by atoms with E-state index in [1.165, 1.54) is 5.56 Å². The van der Waals surface area contributed by atoms with Gasteiger partial charge in [-0.05, 0) is 43.7 Å². The second-order valence-electron chi connectivity index (χ2n) is 8.20. The van der Waals surface area contributed by atoms with Gasteiger partial charge in [-0.2, -0.15) is 5.26 Å². The predicted octanol–water partition coefficient (Wildman–Crippen LogP) is 3.67. The number of benzene rings is 1. The molecule has 1 saturated heterocycles. The van der Waals surface area contributed by atoms with Crippen LogP contribution in [0, 0.1) is 24.2 Å². The van der Waals surface area contributed by atoms with Crippen molar-refractivity contribution >= 4 is 11.7 Å². The summed E-state index contributed by atoms with van der Waals surface area (Å²) in [5.74, 6) is 0.303. The van der Waals surface area contributed by atoms with Gasteiger partial charge in [-0.1, -0.05) is 30.3 Å². The molecule has 0 N–H and O–H groups in total. The Kier molecular flexibility index (Phi) is 5.53. The molecular formula is C24H27N3O2. The number of hydrogen-bond donors (Lipinski definition) is 0. The van der Waals surface area contributed by atoms with Gasteiger partial charge in [0.05, 0.1) is 12.5 Å². The number of carbonyl (C=O) groups is 2. The molecule has 0 spiro atoms. The van der Waals surface area contributed by atoms with Crippen LogP contribution in [0.1, 0.15) is 58.6 Å². The molecule has 0 radical (unpaired) electrons. The highest BCUT2D eigenvalue weighted by atomic mass is 16.2. The Morgan fingerprint density at radius 3 is 2.59 bits per heavy atom. The van der Waals surface area contributed by atoms with Crippen molar-refractivity contribution < 1.29 is 9.59 Å². The molecule has 2 heterocycles. The Hall–Kier alpha value is -2.87. The van der Waals surface area contributed by atoms with E-state index in [0.717, 1.165) is 54.7 Å². The van der Waals surface area contributed by atoms with Crippen LogP contribution in [0.2, 0.25) is 0 Å². The molecule has 0 atom stereocenters. The lowest BCUT2D eigenvalue weighted by atomic mass is 9.91. The van der Waals surface area contributed by atoms with E-state index in [9.17, 15) is 9.59 Å². The summed E-state index contributed by atoms with van der Waals surface area (Å²) in [5, 5.41) is 9.08. The summed E-state index contributed by atoms with van der Waals surface area (Å²) in [5.41, 5.74) is 5.03. The van der Waals surface area contributed by atoms with E-state index in [1.807, 2.05) is 30.0 Å². The topological polar surface area (TPSA) is 66.1 Å². The molecule has 0 unspecified atom stereocenters. The highest BCUT2D eigenvalue weighted by molar-refractivity contribution is 6.01. The molecule has 1 amide bonds. The summed E-state index contributed by atoms with van der Waals surface area (Å²) >= 11 is 0. The van der Waals surface area contributed by atoms with Crippen LogP contribution in [0.4, 0.5) is 0 Å². The summed E-state index contributed by atoms with van der Waals surface area (Å²) in [6, 6.07) is 12.6. The van der Waals surface area contributed by atoms with E-state index in [0.29, 0.717) is 19.5 Å². The highest BCUT2D eigenvalue weighted by Gasteiger charge is 2.30. The zero-order valence-corrected chi connectivity index (χ0v) is 17.0. The number of fused-ring (bicyclic) bond motifs is 1. The third kappa shape index (κ3) is 3.85. The van der Waals surface area contributed by atoms with Crippen LogP contribution in [-0.2, 0) is 24.2 Å². The number of amides is 1. The molecule has 5 heteroatoms. The molecule has 1 fully saturated rings. The lowest BCUT2D eigenvalue weighted by Crippen LogP contribution is -2.39. The summed E-state index contributed by atoms with van der Waals surface area (Å²) in [4.78, 5) is 27.6. The first-order valence-electron chi connectivity index (χ1n) is 10.5. The van der Waals surface area contributed by atoms with Gasteiger partial charge in [0, 0.05) is 48.9 Å². The Morgan fingerprint density at radius 1 is 1.17 bits per heavy atom. The van der Waals surface area contributed by atoms with Crippen LogP contribution >= 0.6 is 0 Å². The second-order valence-corrected chi connectivity index (χ2v) is 8.20. The van der Waals surface area contributed by atoms with E-state index in [2.05, 4.69) is 22.8 Å². The van der Waals surface area contributed by atoms with E-state index in [-0.39, 0.29) is 24.0 Å². The Labute approximate surface area is 171 Å². The molecule has 4 rings (SSSR count). The average Bonchev–Trinajstić information content (AvgIpc) is 3.01. The standard InChI is InChI=1S/C24H27N3O2/c1-17-20(14-23(29)26-12-10-18(15-25)11-13-26)24-21(8-5-9-22(24)28)27(17)16-19-6-3-2-4-7-19/h2-4,6-7,18H,5,8-14,16H2,1H3. The monoisotopic (exact) mass is 389 g/mol. The van der Waals surface area contributed by atoms with Crippen molar-refractivity contribution in [1.82, 2.24) is 9.47 Å². The van der Waals surface area contributed by atoms with Crippen LogP contribution in [0.25, 0.3) is 0 Å². The van der Waals surface area contributed by atoms with Crippen LogP contribution in [0.5, 0.6) is 0 Å². The Balaban J connectivity index is 1.62. The smallest absolute Gasteiger partial charge is 0.227 e. The number of carbonyl (C=O) groups excluding carboxylic acids is 2. The number of hydrogen-bond acceptors (Lipinski definition) is 3. The van der Waals surface area contributed by atoms with Gasteiger partial charge in [-0.15, -0.1) is 0 Å². The Bertz CT molecular complexity index is 960. The zero-order valence-electron chi connectivity index (χ0n) is 17.0. The van der Waals surface area contributed by atoms with Crippen molar-refractivity contribution in [2.45, 2.75) is 52.0 Å². The fourth-order valence-corrected chi connectivity index (χ4v) is 4.70. The zero-order chi connectivity index (χ0) is 20.4. The lowest BCUT2D eigenvalue weighted by Gasteiger charge is -2.29. The molecule has 1 aromatic carbocycles. The number of likely N-dealkylation sites (tertiary alicyclic amines) is 1. The molecule has 0 bridgehead atoms. The Morgan fingerprint density at radius 2 is 1.90 bits per heavy atom. The highest BCUT2D eigenvalue weighted by Crippen LogP contribution is 2.31. The number of Topliss-reactive ketones (excluding diaryl/α,β-unsaturated/α-hetero) is 1. The fraction of sp³-hybridized carbons (Fsp3) is 0.458. The average molecular weight is 389 g/mol. The molecule has 0 saturated carbocycles. The number of nitriles is 1. The van der Waals surface area contributed by atoms with E-state index in [4.69, 9.17) is 5.26 Å². The van der Waals surface area contributed by atoms with Gasteiger partial charge in [0.25, 0.3) is 0 Å². The maximum absolute atomic E-state index is 13.0. The van der Waals surface area contributed by atoms with Crippen molar-refractivity contribution in [1.29, 1.82) is 5.26 Å². The lowest BCUT2D eigenvalue weighted by molar-refractivity contribution is -0.131. The molecule has 2 aromatic rings. The SMILES string of the molecule is Cc1c(CC(=O)N2CCC(C#N)CC2)c2c(n1Cc1ccccc1)CCCC2=O.